The number of carbonyl (C=O) groups is 2. The predicted molar refractivity (Wildman–Crippen MR) is 93.4 cm³/mol. The zero-order chi connectivity index (χ0) is 18.6. The van der Waals surface area contributed by atoms with Crippen LogP contribution in [0.2, 0.25) is 0 Å². The minimum absolute atomic E-state index is 0.130. The van der Waals surface area contributed by atoms with Gasteiger partial charge in [-0.1, -0.05) is 18.2 Å². The average Bonchev–Trinajstić information content (AvgIpc) is 2.57. The van der Waals surface area contributed by atoms with Crippen LogP contribution in [0.3, 0.4) is 0 Å². The van der Waals surface area contributed by atoms with Gasteiger partial charge in [-0.25, -0.2) is 9.59 Å². The fourth-order valence-corrected chi connectivity index (χ4v) is 2.58. The molecule has 0 bridgehead atoms. The molecular formula is C19H21NO5. The summed E-state index contributed by atoms with van der Waals surface area (Å²) in [6.45, 7) is 7.16. The van der Waals surface area contributed by atoms with E-state index in [0.717, 1.165) is 5.56 Å². The molecule has 0 saturated heterocycles. The van der Waals surface area contributed by atoms with Crippen LogP contribution in [0.5, 0.6) is 0 Å². The van der Waals surface area contributed by atoms with Crippen molar-refractivity contribution in [2.75, 3.05) is 13.2 Å². The molecule has 132 valence electrons. The number of carbonyl (C=O) groups excluding carboxylic acids is 2. The first-order valence-electron chi connectivity index (χ1n) is 8.09. The Morgan fingerprint density at radius 3 is 2.08 bits per heavy atom. The highest BCUT2D eigenvalue weighted by atomic mass is 16.5. The van der Waals surface area contributed by atoms with Crippen LogP contribution in [0.1, 0.15) is 45.8 Å². The van der Waals surface area contributed by atoms with Crippen molar-refractivity contribution in [1.29, 1.82) is 0 Å². The molecule has 1 aromatic carbocycles. The number of esters is 2. The number of aromatic nitrogens is 1. The number of hydrogen-bond acceptors (Lipinski definition) is 5. The van der Waals surface area contributed by atoms with Crippen LogP contribution < -0.4 is 5.56 Å². The Labute approximate surface area is 146 Å². The molecule has 0 aliphatic carbocycles. The van der Waals surface area contributed by atoms with Crippen molar-refractivity contribution in [3.05, 3.63) is 63.1 Å². The van der Waals surface area contributed by atoms with Gasteiger partial charge in [-0.15, -0.1) is 0 Å². The van der Waals surface area contributed by atoms with Crippen LogP contribution in [0, 0.1) is 13.8 Å². The molecule has 0 spiro atoms. The van der Waals surface area contributed by atoms with Crippen LogP contribution in [-0.4, -0.2) is 29.7 Å². The second kappa shape index (κ2) is 7.79. The van der Waals surface area contributed by atoms with E-state index >= 15 is 0 Å². The lowest BCUT2D eigenvalue weighted by Crippen LogP contribution is -2.30. The molecule has 0 saturated carbocycles. The van der Waals surface area contributed by atoms with E-state index in [1.165, 1.54) is 10.6 Å². The standard InChI is InChI=1S/C19H21NO5/c1-5-24-18(22)14-11-15(19(23)25-6-2)17(21)20(13(14)4)16-10-8-7-9-12(16)3/h7-11H,5-6H2,1-4H3. The minimum Gasteiger partial charge on any atom is -0.462 e. The summed E-state index contributed by atoms with van der Waals surface area (Å²) in [4.78, 5) is 37.4. The molecule has 2 rings (SSSR count). The van der Waals surface area contributed by atoms with Gasteiger partial charge < -0.3 is 9.47 Å². The molecule has 25 heavy (non-hydrogen) atoms. The number of para-hydroxylation sites is 1. The molecule has 6 nitrogen and oxygen atoms in total. The van der Waals surface area contributed by atoms with Gasteiger partial charge in [0.15, 0.2) is 0 Å². The minimum atomic E-state index is -0.764. The monoisotopic (exact) mass is 343 g/mol. The lowest BCUT2D eigenvalue weighted by atomic mass is 10.1. The highest BCUT2D eigenvalue weighted by Gasteiger charge is 2.23. The molecule has 1 aromatic heterocycles. The largest absolute Gasteiger partial charge is 0.462 e. The maximum absolute atomic E-state index is 12.9. The van der Waals surface area contributed by atoms with Gasteiger partial charge in [0.1, 0.15) is 5.56 Å². The van der Waals surface area contributed by atoms with Gasteiger partial charge in [-0.2, -0.15) is 0 Å². The van der Waals surface area contributed by atoms with Crippen LogP contribution in [0.4, 0.5) is 0 Å². The van der Waals surface area contributed by atoms with E-state index in [-0.39, 0.29) is 24.3 Å². The van der Waals surface area contributed by atoms with Gasteiger partial charge in [0.25, 0.3) is 5.56 Å². The van der Waals surface area contributed by atoms with E-state index in [4.69, 9.17) is 9.47 Å². The van der Waals surface area contributed by atoms with E-state index in [0.29, 0.717) is 11.4 Å². The zero-order valence-corrected chi connectivity index (χ0v) is 14.8. The topological polar surface area (TPSA) is 74.6 Å². The van der Waals surface area contributed by atoms with Crippen molar-refractivity contribution in [3.8, 4) is 5.69 Å². The van der Waals surface area contributed by atoms with Gasteiger partial charge in [-0.05, 0) is 45.4 Å². The van der Waals surface area contributed by atoms with E-state index < -0.39 is 17.5 Å². The van der Waals surface area contributed by atoms with Crippen molar-refractivity contribution in [2.45, 2.75) is 27.7 Å². The smallest absolute Gasteiger partial charge is 0.343 e. The number of benzene rings is 1. The Morgan fingerprint density at radius 1 is 0.960 bits per heavy atom. The van der Waals surface area contributed by atoms with Crippen molar-refractivity contribution in [2.24, 2.45) is 0 Å². The average molecular weight is 343 g/mol. The Hall–Kier alpha value is -2.89. The molecule has 2 aromatic rings. The third-order valence-corrected chi connectivity index (χ3v) is 3.79. The summed E-state index contributed by atoms with van der Waals surface area (Å²) in [6.07, 6.45) is 0. The van der Waals surface area contributed by atoms with E-state index in [1.54, 1.807) is 32.9 Å². The summed E-state index contributed by atoms with van der Waals surface area (Å²) >= 11 is 0. The first-order chi connectivity index (χ1) is 11.9. The lowest BCUT2D eigenvalue weighted by Gasteiger charge is -2.17. The van der Waals surface area contributed by atoms with Crippen molar-refractivity contribution >= 4 is 11.9 Å². The molecule has 0 atom stereocenters. The Kier molecular flexibility index (Phi) is 5.75. The normalized spacial score (nSPS) is 10.4. The fraction of sp³-hybridized carbons (Fsp3) is 0.316. The summed E-state index contributed by atoms with van der Waals surface area (Å²) in [7, 11) is 0. The maximum atomic E-state index is 12.9. The summed E-state index contributed by atoms with van der Waals surface area (Å²) in [5.41, 5.74) is 1.28. The number of ether oxygens (including phenoxy) is 2. The lowest BCUT2D eigenvalue weighted by molar-refractivity contribution is 0.0522. The third-order valence-electron chi connectivity index (χ3n) is 3.79. The quantitative estimate of drug-likeness (QED) is 0.781. The highest BCUT2D eigenvalue weighted by molar-refractivity contribution is 5.96. The molecule has 0 aliphatic rings. The van der Waals surface area contributed by atoms with Crippen molar-refractivity contribution < 1.29 is 19.1 Å². The van der Waals surface area contributed by atoms with Crippen LogP contribution >= 0.6 is 0 Å². The number of pyridine rings is 1. The molecule has 0 radical (unpaired) electrons. The third kappa shape index (κ3) is 3.63. The van der Waals surface area contributed by atoms with Gasteiger partial charge in [0.05, 0.1) is 24.5 Å². The molecule has 0 amide bonds. The van der Waals surface area contributed by atoms with Gasteiger partial charge in [-0.3, -0.25) is 9.36 Å². The highest BCUT2D eigenvalue weighted by Crippen LogP contribution is 2.18. The van der Waals surface area contributed by atoms with Gasteiger partial charge in [0.2, 0.25) is 0 Å². The summed E-state index contributed by atoms with van der Waals surface area (Å²) < 4.78 is 11.4. The number of nitrogens with zero attached hydrogens (tertiary/aromatic N) is 1. The fourth-order valence-electron chi connectivity index (χ4n) is 2.58. The van der Waals surface area contributed by atoms with E-state index in [2.05, 4.69) is 0 Å². The molecule has 6 heteroatoms. The van der Waals surface area contributed by atoms with E-state index in [9.17, 15) is 14.4 Å². The second-order valence-corrected chi connectivity index (χ2v) is 5.43. The summed E-state index contributed by atoms with van der Waals surface area (Å²) in [5.74, 6) is -1.35. The van der Waals surface area contributed by atoms with Crippen LogP contribution in [-0.2, 0) is 9.47 Å². The molecular weight excluding hydrogens is 322 g/mol. The number of rotatable bonds is 5. The molecule has 0 aliphatic heterocycles. The number of hydrogen-bond donors (Lipinski definition) is 0. The first kappa shape index (κ1) is 18.4. The second-order valence-electron chi connectivity index (χ2n) is 5.43. The van der Waals surface area contributed by atoms with E-state index in [1.807, 2.05) is 19.1 Å². The number of aryl methyl sites for hydroxylation is 1. The maximum Gasteiger partial charge on any atom is 0.343 e. The van der Waals surface area contributed by atoms with Gasteiger partial charge in [0, 0.05) is 5.69 Å². The predicted octanol–water partition coefficient (Wildman–Crippen LogP) is 2.81. The first-order valence-corrected chi connectivity index (χ1v) is 8.09. The van der Waals surface area contributed by atoms with Crippen molar-refractivity contribution in [1.82, 2.24) is 4.57 Å². The molecule has 0 fully saturated rings. The zero-order valence-electron chi connectivity index (χ0n) is 14.8. The Bertz CT molecular complexity index is 867. The van der Waals surface area contributed by atoms with Gasteiger partial charge >= 0.3 is 11.9 Å². The molecule has 1 heterocycles. The Balaban J connectivity index is 2.81. The van der Waals surface area contributed by atoms with Crippen LogP contribution in [0.15, 0.2) is 35.1 Å². The summed E-state index contributed by atoms with van der Waals surface area (Å²) in [6, 6.07) is 8.49. The Morgan fingerprint density at radius 2 is 1.52 bits per heavy atom. The molecule has 0 N–H and O–H groups in total. The van der Waals surface area contributed by atoms with Crippen molar-refractivity contribution in [3.63, 3.8) is 0 Å². The SMILES string of the molecule is CCOC(=O)c1cc(C(=O)OCC)c(=O)n(-c2ccccc2C)c1C. The van der Waals surface area contributed by atoms with Crippen LogP contribution in [0.25, 0.3) is 5.69 Å². The summed E-state index contributed by atoms with van der Waals surface area (Å²) in [5, 5.41) is 0. The molecule has 0 unspecified atom stereocenters.